The van der Waals surface area contributed by atoms with Crippen LogP contribution < -0.4 is 5.32 Å². The smallest absolute Gasteiger partial charge is 0.337 e. The van der Waals surface area contributed by atoms with Crippen molar-refractivity contribution in [3.63, 3.8) is 0 Å². The molecule has 0 aromatic heterocycles. The van der Waals surface area contributed by atoms with Gasteiger partial charge in [-0.2, -0.15) is 4.31 Å². The SMILES string of the molecule is CCN(CC)S(=O)(=O)c1ccc(NC2=C(C(=O)OC)CN(CCO)C2=O)cc1. The number of aliphatic hydroxyl groups excluding tert-OH is 1. The number of sulfonamides is 1. The quantitative estimate of drug-likeness (QED) is 0.565. The molecule has 1 heterocycles. The van der Waals surface area contributed by atoms with Crippen LogP contribution in [0.25, 0.3) is 0 Å². The molecule has 0 saturated heterocycles. The third-order valence-electron chi connectivity index (χ3n) is 4.42. The second-order valence-electron chi connectivity index (χ2n) is 6.03. The molecule has 9 nitrogen and oxygen atoms in total. The number of carbonyl (C=O) groups is 2. The molecule has 0 saturated carbocycles. The Morgan fingerprint density at radius 1 is 1.25 bits per heavy atom. The van der Waals surface area contributed by atoms with Gasteiger partial charge in [-0.15, -0.1) is 0 Å². The number of nitrogens with zero attached hydrogens (tertiary/aromatic N) is 2. The Hall–Kier alpha value is -2.43. The van der Waals surface area contributed by atoms with Gasteiger partial charge in [-0.1, -0.05) is 13.8 Å². The number of benzene rings is 1. The van der Waals surface area contributed by atoms with Gasteiger partial charge in [0, 0.05) is 25.3 Å². The minimum absolute atomic E-state index is 0.0306. The van der Waals surface area contributed by atoms with Gasteiger partial charge in [-0.3, -0.25) is 4.79 Å². The van der Waals surface area contributed by atoms with Crippen molar-refractivity contribution < 1.29 is 27.9 Å². The predicted molar refractivity (Wildman–Crippen MR) is 103 cm³/mol. The summed E-state index contributed by atoms with van der Waals surface area (Å²) in [6, 6.07) is 5.94. The maximum atomic E-state index is 12.5. The Morgan fingerprint density at radius 2 is 1.86 bits per heavy atom. The summed E-state index contributed by atoms with van der Waals surface area (Å²) < 4.78 is 31.2. The number of amides is 1. The standard InChI is InChI=1S/C18H25N3O6S/c1-4-21(5-2)28(25,26)14-8-6-13(7-9-14)19-16-15(18(24)27-3)12-20(10-11-22)17(16)23/h6-9,19,22H,4-5,10-12H2,1-3H3. The molecular formula is C18H25N3O6S. The van der Waals surface area contributed by atoms with Crippen LogP contribution in [-0.4, -0.2) is 74.5 Å². The summed E-state index contributed by atoms with van der Waals surface area (Å²) in [5.41, 5.74) is 0.662. The molecule has 0 unspecified atom stereocenters. The fourth-order valence-electron chi connectivity index (χ4n) is 2.92. The third kappa shape index (κ3) is 4.34. The average molecular weight is 411 g/mol. The number of aliphatic hydroxyl groups is 1. The van der Waals surface area contributed by atoms with E-state index in [1.54, 1.807) is 13.8 Å². The zero-order chi connectivity index (χ0) is 20.9. The van der Waals surface area contributed by atoms with Crippen molar-refractivity contribution in [3.8, 4) is 0 Å². The molecular weight excluding hydrogens is 386 g/mol. The first-order chi connectivity index (χ1) is 13.3. The lowest BCUT2D eigenvalue weighted by molar-refractivity contribution is -0.136. The first-order valence-electron chi connectivity index (χ1n) is 8.88. The summed E-state index contributed by atoms with van der Waals surface area (Å²) in [6.07, 6.45) is 0. The van der Waals surface area contributed by atoms with Crippen LogP contribution in [0.1, 0.15) is 13.8 Å². The molecule has 2 rings (SSSR count). The Morgan fingerprint density at radius 3 is 2.36 bits per heavy atom. The summed E-state index contributed by atoms with van der Waals surface area (Å²) in [4.78, 5) is 26.0. The van der Waals surface area contributed by atoms with Crippen molar-refractivity contribution in [2.45, 2.75) is 18.7 Å². The zero-order valence-corrected chi connectivity index (χ0v) is 17.0. The van der Waals surface area contributed by atoms with Crippen LogP contribution in [-0.2, 0) is 24.3 Å². The molecule has 2 N–H and O–H groups in total. The average Bonchev–Trinajstić information content (AvgIpc) is 2.98. The van der Waals surface area contributed by atoms with Crippen molar-refractivity contribution in [1.29, 1.82) is 0 Å². The lowest BCUT2D eigenvalue weighted by Crippen LogP contribution is -2.31. The normalized spacial score (nSPS) is 14.8. The number of methoxy groups -OCH3 is 1. The van der Waals surface area contributed by atoms with Gasteiger partial charge in [0.15, 0.2) is 0 Å². The molecule has 0 atom stereocenters. The summed E-state index contributed by atoms with van der Waals surface area (Å²) in [6.45, 7) is 4.15. The van der Waals surface area contributed by atoms with Crippen LogP contribution in [0, 0.1) is 0 Å². The van der Waals surface area contributed by atoms with Crippen LogP contribution in [0.5, 0.6) is 0 Å². The van der Waals surface area contributed by atoms with Gasteiger partial charge in [-0.25, -0.2) is 13.2 Å². The van der Waals surface area contributed by atoms with E-state index in [9.17, 15) is 18.0 Å². The molecule has 0 fully saturated rings. The molecule has 0 aliphatic carbocycles. The van der Waals surface area contributed by atoms with Crippen LogP contribution >= 0.6 is 0 Å². The van der Waals surface area contributed by atoms with E-state index in [2.05, 4.69) is 5.32 Å². The highest BCUT2D eigenvalue weighted by atomic mass is 32.2. The minimum Gasteiger partial charge on any atom is -0.466 e. The predicted octanol–water partition coefficient (Wildman–Crippen LogP) is 0.391. The fourth-order valence-corrected chi connectivity index (χ4v) is 4.37. The van der Waals surface area contributed by atoms with Gasteiger partial charge >= 0.3 is 5.97 Å². The number of hydrogen-bond acceptors (Lipinski definition) is 7. The number of nitrogens with one attached hydrogen (secondary N) is 1. The summed E-state index contributed by atoms with van der Waals surface area (Å²) in [5, 5.41) is 12.0. The van der Waals surface area contributed by atoms with E-state index in [0.717, 1.165) is 0 Å². The molecule has 10 heteroatoms. The van der Waals surface area contributed by atoms with Crippen LogP contribution in [0.2, 0.25) is 0 Å². The van der Waals surface area contributed by atoms with E-state index in [1.807, 2.05) is 0 Å². The van der Waals surface area contributed by atoms with Crippen LogP contribution in [0.15, 0.2) is 40.4 Å². The fraction of sp³-hybridized carbons (Fsp3) is 0.444. The van der Waals surface area contributed by atoms with Crippen molar-refractivity contribution in [2.75, 3.05) is 45.2 Å². The molecule has 1 aromatic carbocycles. The molecule has 0 bridgehead atoms. The van der Waals surface area contributed by atoms with Gasteiger partial charge in [0.2, 0.25) is 10.0 Å². The second kappa shape index (κ2) is 9.18. The Bertz CT molecular complexity index is 860. The van der Waals surface area contributed by atoms with E-state index < -0.39 is 21.9 Å². The van der Waals surface area contributed by atoms with E-state index in [4.69, 9.17) is 9.84 Å². The van der Waals surface area contributed by atoms with Crippen LogP contribution in [0.4, 0.5) is 5.69 Å². The first kappa shape index (κ1) is 21.9. The highest BCUT2D eigenvalue weighted by molar-refractivity contribution is 7.89. The lowest BCUT2D eigenvalue weighted by atomic mass is 10.2. The molecule has 28 heavy (non-hydrogen) atoms. The molecule has 1 aromatic rings. The Balaban J connectivity index is 2.29. The Kier molecular flexibility index (Phi) is 7.17. The molecule has 1 aliphatic heterocycles. The number of esters is 1. The zero-order valence-electron chi connectivity index (χ0n) is 16.1. The molecule has 154 valence electrons. The van der Waals surface area contributed by atoms with Gasteiger partial charge in [0.25, 0.3) is 5.91 Å². The summed E-state index contributed by atoms with van der Waals surface area (Å²) >= 11 is 0. The van der Waals surface area contributed by atoms with Crippen molar-refractivity contribution >= 4 is 27.6 Å². The van der Waals surface area contributed by atoms with Gasteiger partial charge < -0.3 is 20.1 Å². The minimum atomic E-state index is -3.58. The number of rotatable bonds is 9. The summed E-state index contributed by atoms with van der Waals surface area (Å²) in [7, 11) is -2.36. The maximum Gasteiger partial charge on any atom is 0.337 e. The highest BCUT2D eigenvalue weighted by Crippen LogP contribution is 2.24. The maximum absolute atomic E-state index is 12.5. The second-order valence-corrected chi connectivity index (χ2v) is 7.97. The van der Waals surface area contributed by atoms with Crippen molar-refractivity contribution in [3.05, 3.63) is 35.5 Å². The van der Waals surface area contributed by atoms with E-state index in [1.165, 1.54) is 40.6 Å². The van der Waals surface area contributed by atoms with E-state index in [-0.39, 0.29) is 35.9 Å². The number of anilines is 1. The number of β-amino-alcohol motifs (C(OH)–C–C–N with tert-alkyl or cyclic N) is 1. The number of hydrogen-bond donors (Lipinski definition) is 2. The molecule has 1 aliphatic rings. The van der Waals surface area contributed by atoms with E-state index in [0.29, 0.717) is 18.8 Å². The number of carbonyl (C=O) groups excluding carboxylic acids is 2. The third-order valence-corrected chi connectivity index (χ3v) is 6.48. The molecule has 0 radical (unpaired) electrons. The largest absolute Gasteiger partial charge is 0.466 e. The molecule has 0 spiro atoms. The van der Waals surface area contributed by atoms with Crippen molar-refractivity contribution in [1.82, 2.24) is 9.21 Å². The van der Waals surface area contributed by atoms with Gasteiger partial charge in [0.1, 0.15) is 5.70 Å². The first-order valence-corrected chi connectivity index (χ1v) is 10.3. The number of ether oxygens (including phenoxy) is 1. The molecule has 1 amide bonds. The van der Waals surface area contributed by atoms with Crippen molar-refractivity contribution in [2.24, 2.45) is 0 Å². The van der Waals surface area contributed by atoms with Gasteiger partial charge in [0.05, 0.1) is 30.7 Å². The summed E-state index contributed by atoms with van der Waals surface area (Å²) in [5.74, 6) is -1.08. The van der Waals surface area contributed by atoms with Crippen LogP contribution in [0.3, 0.4) is 0 Å². The highest BCUT2D eigenvalue weighted by Gasteiger charge is 2.34. The van der Waals surface area contributed by atoms with E-state index >= 15 is 0 Å². The monoisotopic (exact) mass is 411 g/mol. The lowest BCUT2D eigenvalue weighted by Gasteiger charge is -2.18. The Labute approximate surface area is 164 Å². The van der Waals surface area contributed by atoms with Gasteiger partial charge in [-0.05, 0) is 24.3 Å². The topological polar surface area (TPSA) is 116 Å².